The van der Waals surface area contributed by atoms with Crippen molar-refractivity contribution in [2.75, 3.05) is 32.6 Å². The fraction of sp³-hybridized carbons (Fsp3) is 0.400. The van der Waals surface area contributed by atoms with Crippen molar-refractivity contribution >= 4 is 39.1 Å². The minimum Gasteiger partial charge on any atom is -0.379 e. The zero-order valence-electron chi connectivity index (χ0n) is 21.0. The third-order valence-electron chi connectivity index (χ3n) is 6.92. The van der Waals surface area contributed by atoms with Gasteiger partial charge in [-0.2, -0.15) is 0 Å². The standard InChI is InChI=1S/C25H29FN4O6S.ClH/c1-25(24(32)28-33,37(2,34)35)7-8-30-16-27-22-14-19(21(26)13-20(22)23(30)31)18-5-3-17(4-6-18)15-29-9-11-36-12-10-29;/h3-6,13-14,16,33H,7-12,15H2,1-2H3,(H,28,32);1H. The molecule has 1 amide bonds. The van der Waals surface area contributed by atoms with Crippen LogP contribution in [0.5, 0.6) is 0 Å². The lowest BCUT2D eigenvalue weighted by atomic mass is 10.0. The Labute approximate surface area is 225 Å². The number of carbonyl (C=O) groups is 1. The number of fused-ring (bicyclic) bond motifs is 1. The number of amides is 1. The number of ether oxygens (including phenoxy) is 1. The van der Waals surface area contributed by atoms with Crippen LogP contribution in [0.2, 0.25) is 0 Å². The highest BCUT2D eigenvalue weighted by molar-refractivity contribution is 7.92. The summed E-state index contributed by atoms with van der Waals surface area (Å²) in [4.78, 5) is 31.6. The third kappa shape index (κ3) is 6.05. The molecule has 2 heterocycles. The lowest BCUT2D eigenvalue weighted by Crippen LogP contribution is -2.50. The molecule has 1 atom stereocenters. The molecule has 0 spiro atoms. The van der Waals surface area contributed by atoms with Crippen LogP contribution < -0.4 is 11.0 Å². The zero-order chi connectivity index (χ0) is 26.8. The van der Waals surface area contributed by atoms with E-state index in [1.807, 2.05) is 24.3 Å². The Kier molecular flexibility index (Phi) is 9.26. The van der Waals surface area contributed by atoms with Gasteiger partial charge in [0.05, 0.1) is 30.4 Å². The van der Waals surface area contributed by atoms with Crippen molar-refractivity contribution in [2.24, 2.45) is 0 Å². The van der Waals surface area contributed by atoms with Gasteiger partial charge in [-0.15, -0.1) is 12.4 Å². The summed E-state index contributed by atoms with van der Waals surface area (Å²) in [7, 11) is -3.93. The molecular weight excluding hydrogens is 539 g/mol. The molecule has 1 saturated heterocycles. The van der Waals surface area contributed by atoms with Gasteiger partial charge in [-0.3, -0.25) is 24.3 Å². The van der Waals surface area contributed by atoms with Gasteiger partial charge < -0.3 is 4.74 Å². The molecule has 1 aliphatic rings. The summed E-state index contributed by atoms with van der Waals surface area (Å²) in [5.74, 6) is -1.70. The molecule has 0 bridgehead atoms. The van der Waals surface area contributed by atoms with Gasteiger partial charge in [-0.05, 0) is 36.6 Å². The van der Waals surface area contributed by atoms with Gasteiger partial charge in [0, 0.05) is 38.0 Å². The fourth-order valence-electron chi connectivity index (χ4n) is 4.29. The minimum absolute atomic E-state index is 0. The molecule has 0 aliphatic carbocycles. The van der Waals surface area contributed by atoms with E-state index < -0.39 is 31.9 Å². The number of hydrogen-bond donors (Lipinski definition) is 2. The maximum Gasteiger partial charge on any atom is 0.264 e. The van der Waals surface area contributed by atoms with Crippen molar-refractivity contribution in [2.45, 2.75) is 31.2 Å². The first kappa shape index (κ1) is 29.7. The van der Waals surface area contributed by atoms with Gasteiger partial charge in [-0.1, -0.05) is 24.3 Å². The number of rotatable bonds is 8. The first-order chi connectivity index (χ1) is 17.5. The summed E-state index contributed by atoms with van der Waals surface area (Å²) >= 11 is 0. The predicted octanol–water partition coefficient (Wildman–Crippen LogP) is 2.16. The molecule has 1 aromatic heterocycles. The Hall–Kier alpha value is -2.90. The van der Waals surface area contributed by atoms with Crippen molar-refractivity contribution in [3.63, 3.8) is 0 Å². The minimum atomic E-state index is -3.93. The predicted molar refractivity (Wildman–Crippen MR) is 143 cm³/mol. The summed E-state index contributed by atoms with van der Waals surface area (Å²) in [5.41, 5.74) is 3.13. The molecule has 0 saturated carbocycles. The molecule has 13 heteroatoms. The Bertz CT molecular complexity index is 1480. The van der Waals surface area contributed by atoms with E-state index in [1.54, 1.807) is 0 Å². The Morgan fingerprint density at radius 3 is 2.47 bits per heavy atom. The number of aryl methyl sites for hydroxylation is 1. The van der Waals surface area contributed by atoms with Crippen molar-refractivity contribution in [3.05, 3.63) is 64.5 Å². The molecule has 1 aliphatic heterocycles. The lowest BCUT2D eigenvalue weighted by Gasteiger charge is -2.26. The molecule has 10 nitrogen and oxygen atoms in total. The summed E-state index contributed by atoms with van der Waals surface area (Å²) in [6.45, 7) is 4.91. The second kappa shape index (κ2) is 11.9. The number of sulfone groups is 1. The topological polar surface area (TPSA) is 131 Å². The summed E-state index contributed by atoms with van der Waals surface area (Å²) in [6.07, 6.45) is 1.80. The smallest absolute Gasteiger partial charge is 0.264 e. The monoisotopic (exact) mass is 568 g/mol. The maximum atomic E-state index is 15.1. The molecule has 1 fully saturated rings. The number of halogens is 2. The van der Waals surface area contributed by atoms with Crippen LogP contribution in [0.15, 0.2) is 47.5 Å². The quantitative estimate of drug-likeness (QED) is 0.312. The number of morpholine rings is 1. The fourth-order valence-corrected chi connectivity index (χ4v) is 5.13. The average Bonchev–Trinajstić information content (AvgIpc) is 2.88. The first-order valence-electron chi connectivity index (χ1n) is 11.8. The number of benzene rings is 2. The summed E-state index contributed by atoms with van der Waals surface area (Å²) in [6, 6.07) is 10.2. The lowest BCUT2D eigenvalue weighted by molar-refractivity contribution is -0.131. The maximum absolute atomic E-state index is 15.1. The zero-order valence-corrected chi connectivity index (χ0v) is 22.6. The van der Waals surface area contributed by atoms with Gasteiger partial charge in [0.25, 0.3) is 11.5 Å². The van der Waals surface area contributed by atoms with E-state index in [4.69, 9.17) is 9.94 Å². The van der Waals surface area contributed by atoms with Crippen LogP contribution in [0, 0.1) is 5.82 Å². The third-order valence-corrected chi connectivity index (χ3v) is 8.94. The van der Waals surface area contributed by atoms with Crippen molar-refractivity contribution in [1.82, 2.24) is 19.9 Å². The molecule has 38 heavy (non-hydrogen) atoms. The highest BCUT2D eigenvalue weighted by Crippen LogP contribution is 2.27. The summed E-state index contributed by atoms with van der Waals surface area (Å²) in [5, 5.41) is 9.00. The molecular formula is C25H30ClFN4O6S. The normalized spacial score (nSPS) is 16.0. The Balaban J connectivity index is 0.00000400. The largest absolute Gasteiger partial charge is 0.379 e. The van der Waals surface area contributed by atoms with E-state index in [1.165, 1.54) is 17.9 Å². The van der Waals surface area contributed by atoms with Gasteiger partial charge in [-0.25, -0.2) is 23.3 Å². The second-order valence-corrected chi connectivity index (χ2v) is 11.8. The number of hydroxylamine groups is 1. The van der Waals surface area contributed by atoms with E-state index in [0.717, 1.165) is 49.0 Å². The molecule has 3 aromatic rings. The Morgan fingerprint density at radius 1 is 1.21 bits per heavy atom. The second-order valence-electron chi connectivity index (χ2n) is 9.37. The molecule has 4 rings (SSSR count). The van der Waals surface area contributed by atoms with Crippen molar-refractivity contribution in [3.8, 4) is 11.1 Å². The van der Waals surface area contributed by atoms with Crippen molar-refractivity contribution < 1.29 is 27.5 Å². The van der Waals surface area contributed by atoms with E-state index in [-0.39, 0.29) is 36.3 Å². The number of hydrogen-bond acceptors (Lipinski definition) is 8. The van der Waals surface area contributed by atoms with Crippen LogP contribution >= 0.6 is 12.4 Å². The number of nitrogens with zero attached hydrogens (tertiary/aromatic N) is 3. The van der Waals surface area contributed by atoms with E-state index in [2.05, 4.69) is 9.88 Å². The molecule has 2 aromatic carbocycles. The summed E-state index contributed by atoms with van der Waals surface area (Å²) < 4.78 is 44.0. The van der Waals surface area contributed by atoms with Crippen molar-refractivity contribution in [1.29, 1.82) is 0 Å². The van der Waals surface area contributed by atoms with Gasteiger partial charge in [0.1, 0.15) is 5.82 Å². The van der Waals surface area contributed by atoms with Crippen LogP contribution in [0.3, 0.4) is 0 Å². The van der Waals surface area contributed by atoms with Crippen LogP contribution in [-0.2, 0) is 32.5 Å². The number of carbonyl (C=O) groups excluding carboxylic acids is 1. The highest BCUT2D eigenvalue weighted by atomic mass is 35.5. The first-order valence-corrected chi connectivity index (χ1v) is 13.6. The van der Waals surface area contributed by atoms with Crippen LogP contribution in [0.4, 0.5) is 4.39 Å². The van der Waals surface area contributed by atoms with Gasteiger partial charge in [0.2, 0.25) is 0 Å². The van der Waals surface area contributed by atoms with E-state index in [0.29, 0.717) is 24.3 Å². The average molecular weight is 569 g/mol. The van der Waals surface area contributed by atoms with Crippen LogP contribution in [0.25, 0.3) is 22.0 Å². The molecule has 2 N–H and O–H groups in total. The number of aromatic nitrogens is 2. The van der Waals surface area contributed by atoms with E-state index in [9.17, 15) is 18.0 Å². The van der Waals surface area contributed by atoms with Gasteiger partial charge in [0.15, 0.2) is 14.6 Å². The van der Waals surface area contributed by atoms with Crippen LogP contribution in [0.1, 0.15) is 18.9 Å². The highest BCUT2D eigenvalue weighted by Gasteiger charge is 2.43. The SMILES string of the molecule is CC(CCn1cnc2cc(-c3ccc(CN4CCOCC4)cc3)c(F)cc2c1=O)(C(=O)NO)S(C)(=O)=O.Cl. The van der Waals surface area contributed by atoms with Crippen LogP contribution in [-0.4, -0.2) is 71.3 Å². The van der Waals surface area contributed by atoms with E-state index >= 15 is 4.39 Å². The molecule has 0 radical (unpaired) electrons. The van der Waals surface area contributed by atoms with Gasteiger partial charge >= 0.3 is 0 Å². The number of nitrogens with one attached hydrogen (secondary N) is 1. The molecule has 1 unspecified atom stereocenters. The Morgan fingerprint density at radius 2 is 1.87 bits per heavy atom. The molecule has 206 valence electrons.